The lowest BCUT2D eigenvalue weighted by molar-refractivity contribution is -0.130. The molecule has 4 heteroatoms. The maximum Gasteiger partial charge on any atom is 0.338 e. The summed E-state index contributed by atoms with van der Waals surface area (Å²) < 4.78 is 11.1. The van der Waals surface area contributed by atoms with E-state index < -0.39 is 5.97 Å². The second-order valence-corrected chi connectivity index (χ2v) is 5.66. The van der Waals surface area contributed by atoms with Crippen molar-refractivity contribution < 1.29 is 19.1 Å². The molecule has 0 unspecified atom stereocenters. The molecule has 0 aliphatic carbocycles. The molecule has 0 bridgehead atoms. The summed E-state index contributed by atoms with van der Waals surface area (Å²) in [5.74, 6) is -0.290. The molecule has 2 aromatic carbocycles. The van der Waals surface area contributed by atoms with Crippen LogP contribution in [-0.2, 0) is 4.79 Å². The van der Waals surface area contributed by atoms with E-state index in [0.717, 1.165) is 0 Å². The van der Waals surface area contributed by atoms with Gasteiger partial charge in [-0.05, 0) is 32.9 Å². The molecule has 0 radical (unpaired) electrons. The molecule has 124 valence electrons. The Morgan fingerprint density at radius 2 is 1.67 bits per heavy atom. The van der Waals surface area contributed by atoms with Crippen LogP contribution < -0.4 is 9.47 Å². The molecule has 24 heavy (non-hydrogen) atoms. The predicted octanol–water partition coefficient (Wildman–Crippen LogP) is 4.19. The van der Waals surface area contributed by atoms with Crippen molar-refractivity contribution in [2.75, 3.05) is 0 Å². The van der Waals surface area contributed by atoms with Gasteiger partial charge in [-0.1, -0.05) is 43.0 Å². The molecule has 0 aliphatic rings. The van der Waals surface area contributed by atoms with Crippen molar-refractivity contribution in [1.82, 2.24) is 0 Å². The summed E-state index contributed by atoms with van der Waals surface area (Å²) in [5, 5.41) is 0. The Balaban J connectivity index is 2.49. The first kappa shape index (κ1) is 17.5. The van der Waals surface area contributed by atoms with E-state index in [4.69, 9.17) is 9.47 Å². The summed E-state index contributed by atoms with van der Waals surface area (Å²) in [6.07, 6.45) is -0.183. The van der Waals surface area contributed by atoms with Gasteiger partial charge in [0.2, 0.25) is 0 Å². The zero-order valence-electron chi connectivity index (χ0n) is 14.0. The number of rotatable bonds is 6. The highest BCUT2D eigenvalue weighted by Gasteiger charge is 2.21. The van der Waals surface area contributed by atoms with Crippen LogP contribution in [0.1, 0.15) is 36.7 Å². The Morgan fingerprint density at radius 1 is 1.00 bits per heavy atom. The molecule has 0 amide bonds. The Bertz CT molecular complexity index is 760. The molecular formula is C20H20O4. The van der Waals surface area contributed by atoms with Gasteiger partial charge in [-0.15, -0.1) is 0 Å². The molecule has 0 N–H and O–H groups in total. The maximum atomic E-state index is 12.8. The largest absolute Gasteiger partial charge is 0.486 e. The molecule has 0 atom stereocenters. The smallest absolute Gasteiger partial charge is 0.338 e. The Hall–Kier alpha value is -2.88. The first-order valence-electron chi connectivity index (χ1n) is 7.67. The summed E-state index contributed by atoms with van der Waals surface area (Å²) in [7, 11) is 0. The zero-order chi connectivity index (χ0) is 17.7. The van der Waals surface area contributed by atoms with E-state index in [1.165, 1.54) is 0 Å². The lowest BCUT2D eigenvalue weighted by Crippen LogP contribution is -2.15. The number of carbonyl (C=O) groups excluding carboxylic acids is 2. The van der Waals surface area contributed by atoms with Crippen molar-refractivity contribution in [1.29, 1.82) is 0 Å². The summed E-state index contributed by atoms with van der Waals surface area (Å²) in [5.41, 5.74) is 1.15. The van der Waals surface area contributed by atoms with E-state index in [1.807, 2.05) is 19.9 Å². The highest BCUT2D eigenvalue weighted by Crippen LogP contribution is 2.34. The molecule has 0 heterocycles. The highest BCUT2D eigenvalue weighted by molar-refractivity contribution is 6.11. The van der Waals surface area contributed by atoms with Crippen molar-refractivity contribution in [3.05, 3.63) is 71.8 Å². The van der Waals surface area contributed by atoms with Gasteiger partial charge in [0, 0.05) is 11.1 Å². The van der Waals surface area contributed by atoms with Gasteiger partial charge in [0.15, 0.2) is 17.3 Å². The fourth-order valence-electron chi connectivity index (χ4n) is 2.06. The maximum absolute atomic E-state index is 12.8. The van der Waals surface area contributed by atoms with Crippen LogP contribution in [0.2, 0.25) is 0 Å². The molecule has 2 rings (SSSR count). The molecule has 0 saturated carbocycles. The molecule has 0 aromatic heterocycles. The Morgan fingerprint density at radius 3 is 2.25 bits per heavy atom. The Labute approximate surface area is 141 Å². The molecule has 4 nitrogen and oxygen atoms in total. The minimum Gasteiger partial charge on any atom is -0.486 e. The average molecular weight is 324 g/mol. The van der Waals surface area contributed by atoms with E-state index in [9.17, 15) is 9.59 Å². The number of benzene rings is 2. The average Bonchev–Trinajstić information content (AvgIpc) is 2.56. The molecule has 0 fully saturated rings. The van der Waals surface area contributed by atoms with Crippen molar-refractivity contribution >= 4 is 11.8 Å². The topological polar surface area (TPSA) is 52.6 Å². The standard InChI is InChI=1S/C20H20O4/c1-13(2)20(22)24-17-12-8-11-16(19(17)23-14(3)4)18(21)15-9-6-5-7-10-15/h5-12,14H,1H2,2-4H3. The Kier molecular flexibility index (Phi) is 5.53. The van der Waals surface area contributed by atoms with Crippen LogP contribution in [0.3, 0.4) is 0 Å². The van der Waals surface area contributed by atoms with Gasteiger partial charge in [0.05, 0.1) is 11.7 Å². The third kappa shape index (κ3) is 4.10. The summed E-state index contributed by atoms with van der Waals surface area (Å²) in [6.45, 7) is 8.81. The van der Waals surface area contributed by atoms with Crippen LogP contribution in [0.5, 0.6) is 11.5 Å². The zero-order valence-corrected chi connectivity index (χ0v) is 14.0. The highest BCUT2D eigenvalue weighted by atomic mass is 16.6. The lowest BCUT2D eigenvalue weighted by Gasteiger charge is -2.17. The van der Waals surface area contributed by atoms with Crippen LogP contribution in [-0.4, -0.2) is 17.9 Å². The SMILES string of the molecule is C=C(C)C(=O)Oc1cccc(C(=O)c2ccccc2)c1OC(C)C. The normalized spacial score (nSPS) is 10.3. The second kappa shape index (κ2) is 7.59. The molecule has 2 aromatic rings. The third-order valence-electron chi connectivity index (χ3n) is 3.16. The molecule has 0 spiro atoms. The number of carbonyl (C=O) groups is 2. The number of para-hydroxylation sites is 1. The summed E-state index contributed by atoms with van der Waals surface area (Å²) in [4.78, 5) is 24.6. The van der Waals surface area contributed by atoms with Crippen molar-refractivity contribution in [3.8, 4) is 11.5 Å². The number of ketones is 1. The minimum atomic E-state index is -0.562. The second-order valence-electron chi connectivity index (χ2n) is 5.66. The van der Waals surface area contributed by atoms with Crippen molar-refractivity contribution in [2.45, 2.75) is 26.9 Å². The van der Waals surface area contributed by atoms with Gasteiger partial charge in [0.25, 0.3) is 0 Å². The predicted molar refractivity (Wildman–Crippen MR) is 92.5 cm³/mol. The van der Waals surface area contributed by atoms with E-state index in [2.05, 4.69) is 6.58 Å². The minimum absolute atomic E-state index is 0.183. The van der Waals surface area contributed by atoms with E-state index >= 15 is 0 Å². The van der Waals surface area contributed by atoms with Gasteiger partial charge in [-0.3, -0.25) is 4.79 Å². The summed E-state index contributed by atoms with van der Waals surface area (Å²) in [6, 6.07) is 13.8. The van der Waals surface area contributed by atoms with E-state index in [0.29, 0.717) is 11.1 Å². The monoisotopic (exact) mass is 324 g/mol. The van der Waals surface area contributed by atoms with Crippen molar-refractivity contribution in [2.24, 2.45) is 0 Å². The quantitative estimate of drug-likeness (QED) is 0.346. The fraction of sp³-hybridized carbons (Fsp3) is 0.200. The number of hydrogen-bond donors (Lipinski definition) is 0. The van der Waals surface area contributed by atoms with Crippen LogP contribution in [0.25, 0.3) is 0 Å². The molecule has 0 saturated heterocycles. The van der Waals surface area contributed by atoms with Gasteiger partial charge in [-0.2, -0.15) is 0 Å². The van der Waals surface area contributed by atoms with Gasteiger partial charge in [0.1, 0.15) is 0 Å². The van der Waals surface area contributed by atoms with E-state index in [-0.39, 0.29) is 29.0 Å². The summed E-state index contributed by atoms with van der Waals surface area (Å²) >= 11 is 0. The van der Waals surface area contributed by atoms with Crippen LogP contribution in [0, 0.1) is 0 Å². The first-order valence-corrected chi connectivity index (χ1v) is 7.67. The number of ether oxygens (including phenoxy) is 2. The van der Waals surface area contributed by atoms with Gasteiger partial charge >= 0.3 is 5.97 Å². The van der Waals surface area contributed by atoms with Crippen molar-refractivity contribution in [3.63, 3.8) is 0 Å². The third-order valence-corrected chi connectivity index (χ3v) is 3.16. The molecular weight excluding hydrogens is 304 g/mol. The van der Waals surface area contributed by atoms with E-state index in [1.54, 1.807) is 49.4 Å². The lowest BCUT2D eigenvalue weighted by atomic mass is 10.0. The number of hydrogen-bond acceptors (Lipinski definition) is 4. The van der Waals surface area contributed by atoms with Gasteiger partial charge in [-0.25, -0.2) is 4.79 Å². The number of esters is 1. The van der Waals surface area contributed by atoms with Crippen LogP contribution >= 0.6 is 0 Å². The van der Waals surface area contributed by atoms with Crippen LogP contribution in [0.4, 0.5) is 0 Å². The molecule has 0 aliphatic heterocycles. The first-order chi connectivity index (χ1) is 11.4. The van der Waals surface area contributed by atoms with Gasteiger partial charge < -0.3 is 9.47 Å². The van der Waals surface area contributed by atoms with Crippen LogP contribution in [0.15, 0.2) is 60.7 Å². The fourth-order valence-corrected chi connectivity index (χ4v) is 2.06.